The largest absolute Gasteiger partial charge is 0.620 e. The highest BCUT2D eigenvalue weighted by Crippen LogP contribution is 2.26. The highest BCUT2D eigenvalue weighted by Gasteiger charge is 2.42. The molecule has 2 aromatic carbocycles. The van der Waals surface area contributed by atoms with Crippen molar-refractivity contribution in [1.82, 2.24) is 10.6 Å². The molecular formula is C21H21BBrClN2O5. The molecule has 1 aliphatic rings. The zero-order valence-electron chi connectivity index (χ0n) is 17.0. The fourth-order valence-corrected chi connectivity index (χ4v) is 3.72. The molecule has 0 radical (unpaired) electrons. The van der Waals surface area contributed by atoms with Crippen molar-refractivity contribution >= 4 is 52.4 Å². The van der Waals surface area contributed by atoms with Crippen molar-refractivity contribution in [2.75, 3.05) is 6.54 Å². The lowest BCUT2D eigenvalue weighted by Crippen LogP contribution is -2.55. The van der Waals surface area contributed by atoms with Crippen molar-refractivity contribution in [3.05, 3.63) is 63.1 Å². The summed E-state index contributed by atoms with van der Waals surface area (Å²) in [5.41, 5.74) is 0.593. The number of rotatable bonds is 7. The standard InChI is InChI=1S/C21H21BBrClN2O5/c1-12(2)9-18(22-30-17-6-4-3-5-14(17)21(29)31-22)26-19(27)11-25-20(28)15-10-13(23)7-8-16(15)24/h3-8,10,12,18H,9,11H2,1-2H3,(H,25,28)(H,26,27)/t18-/m0/s1. The number of carbonyl (C=O) groups is 3. The number of para-hydroxylation sites is 1. The number of halogens is 2. The highest BCUT2D eigenvalue weighted by molar-refractivity contribution is 9.10. The molecule has 0 aromatic heterocycles. The summed E-state index contributed by atoms with van der Waals surface area (Å²) in [5.74, 6) is -1.41. The van der Waals surface area contributed by atoms with Crippen LogP contribution in [0.1, 0.15) is 41.0 Å². The number of benzene rings is 2. The molecular weight excluding hydrogens is 486 g/mol. The molecule has 3 rings (SSSR count). The maximum atomic E-state index is 12.5. The second-order valence-electron chi connectivity index (χ2n) is 7.50. The van der Waals surface area contributed by atoms with Gasteiger partial charge in [-0.3, -0.25) is 9.59 Å². The average molecular weight is 508 g/mol. The van der Waals surface area contributed by atoms with Gasteiger partial charge >= 0.3 is 13.1 Å². The van der Waals surface area contributed by atoms with E-state index in [1.54, 1.807) is 42.5 Å². The fourth-order valence-electron chi connectivity index (χ4n) is 3.15. The van der Waals surface area contributed by atoms with Gasteiger partial charge < -0.3 is 19.9 Å². The smallest absolute Gasteiger partial charge is 0.524 e. The molecule has 31 heavy (non-hydrogen) atoms. The number of carbonyl (C=O) groups excluding carboxylic acids is 3. The Kier molecular flexibility index (Phi) is 7.62. The lowest BCUT2D eigenvalue weighted by Gasteiger charge is -2.29. The second kappa shape index (κ2) is 10.2. The lowest BCUT2D eigenvalue weighted by molar-refractivity contribution is -0.120. The number of nitrogens with one attached hydrogen (secondary N) is 2. The van der Waals surface area contributed by atoms with E-state index in [0.717, 1.165) is 0 Å². The van der Waals surface area contributed by atoms with Gasteiger partial charge in [-0.25, -0.2) is 4.79 Å². The highest BCUT2D eigenvalue weighted by atomic mass is 79.9. The summed E-state index contributed by atoms with van der Waals surface area (Å²) < 4.78 is 11.9. The topological polar surface area (TPSA) is 93.7 Å². The summed E-state index contributed by atoms with van der Waals surface area (Å²) in [4.78, 5) is 37.2. The van der Waals surface area contributed by atoms with Crippen molar-refractivity contribution in [3.8, 4) is 5.75 Å². The van der Waals surface area contributed by atoms with Crippen LogP contribution in [-0.2, 0) is 9.45 Å². The first-order valence-electron chi connectivity index (χ1n) is 9.74. The van der Waals surface area contributed by atoms with Gasteiger partial charge in [-0.15, -0.1) is 0 Å². The zero-order chi connectivity index (χ0) is 22.5. The Bertz CT molecular complexity index is 1000. The van der Waals surface area contributed by atoms with E-state index in [1.807, 2.05) is 13.8 Å². The first kappa shape index (κ1) is 23.2. The molecule has 0 unspecified atom stereocenters. The van der Waals surface area contributed by atoms with Gasteiger partial charge in [0.15, 0.2) is 0 Å². The van der Waals surface area contributed by atoms with Crippen LogP contribution in [-0.4, -0.2) is 37.4 Å². The predicted octanol–water partition coefficient (Wildman–Crippen LogP) is 3.64. The molecule has 2 aromatic rings. The van der Waals surface area contributed by atoms with Crippen LogP contribution < -0.4 is 15.3 Å². The van der Waals surface area contributed by atoms with E-state index >= 15 is 0 Å². The maximum absolute atomic E-state index is 12.5. The van der Waals surface area contributed by atoms with Crippen LogP contribution in [0, 0.1) is 5.92 Å². The van der Waals surface area contributed by atoms with Gasteiger partial charge in [0.2, 0.25) is 5.91 Å². The molecule has 0 saturated carbocycles. The first-order chi connectivity index (χ1) is 14.7. The third-order valence-electron chi connectivity index (χ3n) is 4.56. The van der Waals surface area contributed by atoms with Crippen molar-refractivity contribution in [3.63, 3.8) is 0 Å². The Labute approximate surface area is 194 Å². The third kappa shape index (κ3) is 6.01. The first-order valence-corrected chi connectivity index (χ1v) is 10.9. The molecule has 0 saturated heterocycles. The van der Waals surface area contributed by atoms with E-state index in [-0.39, 0.29) is 23.0 Å². The minimum atomic E-state index is -0.969. The van der Waals surface area contributed by atoms with Crippen molar-refractivity contribution < 1.29 is 23.7 Å². The van der Waals surface area contributed by atoms with E-state index in [1.165, 1.54) is 0 Å². The average Bonchev–Trinajstić information content (AvgIpc) is 2.73. The van der Waals surface area contributed by atoms with Crippen LogP contribution >= 0.6 is 27.5 Å². The molecule has 2 amide bonds. The van der Waals surface area contributed by atoms with Crippen LogP contribution in [0.25, 0.3) is 0 Å². The summed E-state index contributed by atoms with van der Waals surface area (Å²) in [6.45, 7) is 3.69. The summed E-state index contributed by atoms with van der Waals surface area (Å²) in [5, 5.41) is 5.63. The Balaban J connectivity index is 1.64. The fraction of sp³-hybridized carbons (Fsp3) is 0.286. The van der Waals surface area contributed by atoms with E-state index in [4.69, 9.17) is 20.9 Å². The normalized spacial score (nSPS) is 13.7. The van der Waals surface area contributed by atoms with Gasteiger partial charge in [0.1, 0.15) is 5.75 Å². The molecule has 10 heteroatoms. The predicted molar refractivity (Wildman–Crippen MR) is 121 cm³/mol. The SMILES string of the molecule is CC(C)C[C@H](NC(=O)CNC(=O)c1cc(Br)ccc1Cl)B1OC(=O)c2ccccc2O1. The molecule has 7 nitrogen and oxygen atoms in total. The summed E-state index contributed by atoms with van der Waals surface area (Å²) in [6, 6.07) is 11.7. The number of hydrogen-bond donors (Lipinski definition) is 2. The van der Waals surface area contributed by atoms with Gasteiger partial charge in [0.05, 0.1) is 28.6 Å². The van der Waals surface area contributed by atoms with Gasteiger partial charge in [0.25, 0.3) is 5.91 Å². The quantitative estimate of drug-likeness (QED) is 0.558. The van der Waals surface area contributed by atoms with Crippen LogP contribution in [0.3, 0.4) is 0 Å². The molecule has 0 bridgehead atoms. The molecule has 1 heterocycles. The molecule has 0 fully saturated rings. The second-order valence-corrected chi connectivity index (χ2v) is 8.82. The molecule has 1 atom stereocenters. The summed E-state index contributed by atoms with van der Waals surface area (Å²) in [7, 11) is -0.969. The number of fused-ring (bicyclic) bond motifs is 1. The Morgan fingerprint density at radius 3 is 2.65 bits per heavy atom. The van der Waals surface area contributed by atoms with E-state index in [2.05, 4.69) is 26.6 Å². The van der Waals surface area contributed by atoms with Crippen LogP contribution in [0.4, 0.5) is 0 Å². The third-order valence-corrected chi connectivity index (χ3v) is 5.38. The Morgan fingerprint density at radius 1 is 1.16 bits per heavy atom. The van der Waals surface area contributed by atoms with E-state index in [0.29, 0.717) is 22.2 Å². The maximum Gasteiger partial charge on any atom is 0.620 e. The summed E-state index contributed by atoms with van der Waals surface area (Å²) >= 11 is 9.34. The lowest BCUT2D eigenvalue weighted by atomic mass is 9.72. The van der Waals surface area contributed by atoms with Crippen LogP contribution in [0.15, 0.2) is 46.9 Å². The zero-order valence-corrected chi connectivity index (χ0v) is 19.3. The van der Waals surface area contributed by atoms with Gasteiger partial charge in [0, 0.05) is 4.47 Å². The molecule has 0 aliphatic carbocycles. The minimum absolute atomic E-state index is 0.194. The number of hydrogen-bond acceptors (Lipinski definition) is 5. The van der Waals surface area contributed by atoms with E-state index < -0.39 is 30.8 Å². The monoisotopic (exact) mass is 506 g/mol. The van der Waals surface area contributed by atoms with Crippen molar-refractivity contribution in [1.29, 1.82) is 0 Å². The van der Waals surface area contributed by atoms with Gasteiger partial charge in [-0.2, -0.15) is 0 Å². The van der Waals surface area contributed by atoms with Crippen LogP contribution in [0.5, 0.6) is 5.75 Å². The Morgan fingerprint density at radius 2 is 1.90 bits per heavy atom. The minimum Gasteiger partial charge on any atom is -0.524 e. The molecule has 1 aliphatic heterocycles. The summed E-state index contributed by atoms with van der Waals surface area (Å²) in [6.07, 6.45) is 0.511. The molecule has 162 valence electrons. The molecule has 0 spiro atoms. The Hall–Kier alpha value is -2.52. The van der Waals surface area contributed by atoms with Crippen molar-refractivity contribution in [2.24, 2.45) is 5.92 Å². The molecule has 2 N–H and O–H groups in total. The van der Waals surface area contributed by atoms with Gasteiger partial charge in [-0.1, -0.05) is 53.5 Å². The van der Waals surface area contributed by atoms with Crippen LogP contribution in [0.2, 0.25) is 5.02 Å². The van der Waals surface area contributed by atoms with Gasteiger partial charge in [-0.05, 0) is 42.7 Å². The number of amides is 2. The van der Waals surface area contributed by atoms with E-state index in [9.17, 15) is 14.4 Å². The van der Waals surface area contributed by atoms with Crippen molar-refractivity contribution in [2.45, 2.75) is 26.2 Å².